The molecule has 1 heterocycles. The van der Waals surface area contributed by atoms with Gasteiger partial charge >= 0.3 is 0 Å². The van der Waals surface area contributed by atoms with Crippen molar-refractivity contribution < 1.29 is 14.5 Å². The lowest BCUT2D eigenvalue weighted by Crippen LogP contribution is -2.40. The van der Waals surface area contributed by atoms with Crippen molar-refractivity contribution in [3.05, 3.63) is 33.9 Å². The number of anilines is 1. The second kappa shape index (κ2) is 5.66. The number of nitrogens with zero attached hydrogens (tertiary/aromatic N) is 2. The first-order valence-electron chi connectivity index (χ1n) is 5.96. The number of amides is 1. The normalized spacial score (nSPS) is 15.1. The van der Waals surface area contributed by atoms with E-state index in [4.69, 9.17) is 4.74 Å². The standard InChI is InChI=1S/C12H15N3O4/c1-13-9-2-3-11(15(17)18)10(8-9)12(16)14-4-6-19-7-5-14/h2-3,8,13H,4-7H2,1H3. The Hall–Kier alpha value is -2.15. The van der Waals surface area contributed by atoms with Crippen molar-refractivity contribution in [1.82, 2.24) is 4.90 Å². The van der Waals surface area contributed by atoms with Crippen LogP contribution in [0.5, 0.6) is 0 Å². The summed E-state index contributed by atoms with van der Waals surface area (Å²) in [6.45, 7) is 1.84. The topological polar surface area (TPSA) is 84.7 Å². The van der Waals surface area contributed by atoms with Crippen LogP contribution in [0.3, 0.4) is 0 Å². The number of carbonyl (C=O) groups is 1. The van der Waals surface area contributed by atoms with Crippen LogP contribution in [-0.4, -0.2) is 49.1 Å². The van der Waals surface area contributed by atoms with Crippen LogP contribution in [0.2, 0.25) is 0 Å². The molecule has 1 aromatic rings. The van der Waals surface area contributed by atoms with E-state index in [1.807, 2.05) is 0 Å². The van der Waals surface area contributed by atoms with Crippen LogP contribution in [0.1, 0.15) is 10.4 Å². The van der Waals surface area contributed by atoms with Crippen LogP contribution >= 0.6 is 0 Å². The highest BCUT2D eigenvalue weighted by Gasteiger charge is 2.26. The fraction of sp³-hybridized carbons (Fsp3) is 0.417. The Labute approximate surface area is 110 Å². The van der Waals surface area contributed by atoms with Crippen LogP contribution < -0.4 is 5.32 Å². The van der Waals surface area contributed by atoms with Gasteiger partial charge < -0.3 is 15.0 Å². The zero-order chi connectivity index (χ0) is 13.8. The van der Waals surface area contributed by atoms with Gasteiger partial charge in [0, 0.05) is 31.9 Å². The Balaban J connectivity index is 2.34. The van der Waals surface area contributed by atoms with Gasteiger partial charge in [-0.15, -0.1) is 0 Å². The van der Waals surface area contributed by atoms with Gasteiger partial charge in [-0.2, -0.15) is 0 Å². The Bertz CT molecular complexity index is 498. The minimum Gasteiger partial charge on any atom is -0.388 e. The molecular weight excluding hydrogens is 250 g/mol. The molecule has 7 heteroatoms. The summed E-state index contributed by atoms with van der Waals surface area (Å²) in [6.07, 6.45) is 0. The molecule has 1 saturated heterocycles. The summed E-state index contributed by atoms with van der Waals surface area (Å²) in [7, 11) is 1.70. The monoisotopic (exact) mass is 265 g/mol. The Morgan fingerprint density at radius 3 is 2.68 bits per heavy atom. The average molecular weight is 265 g/mol. The fourth-order valence-electron chi connectivity index (χ4n) is 1.96. The molecule has 0 aliphatic carbocycles. The highest BCUT2D eigenvalue weighted by atomic mass is 16.6. The molecule has 102 valence electrons. The van der Waals surface area contributed by atoms with Gasteiger partial charge in [0.05, 0.1) is 18.1 Å². The summed E-state index contributed by atoms with van der Waals surface area (Å²) < 4.78 is 5.17. The highest BCUT2D eigenvalue weighted by Crippen LogP contribution is 2.24. The molecule has 7 nitrogen and oxygen atoms in total. The molecule has 0 radical (unpaired) electrons. The minimum absolute atomic E-state index is 0.110. The van der Waals surface area contributed by atoms with Crippen LogP contribution in [0.15, 0.2) is 18.2 Å². The Morgan fingerprint density at radius 1 is 1.42 bits per heavy atom. The molecule has 1 aliphatic heterocycles. The van der Waals surface area contributed by atoms with Crippen molar-refractivity contribution in [2.75, 3.05) is 38.7 Å². The van der Waals surface area contributed by atoms with E-state index in [9.17, 15) is 14.9 Å². The smallest absolute Gasteiger partial charge is 0.282 e. The Morgan fingerprint density at radius 2 is 2.11 bits per heavy atom. The summed E-state index contributed by atoms with van der Waals surface area (Å²) >= 11 is 0. The third-order valence-corrected chi connectivity index (χ3v) is 3.01. The number of carbonyl (C=O) groups excluding carboxylic acids is 1. The van der Waals surface area contributed by atoms with Gasteiger partial charge in [0.25, 0.3) is 11.6 Å². The van der Waals surface area contributed by atoms with Crippen LogP contribution in [0, 0.1) is 10.1 Å². The maximum atomic E-state index is 12.3. The van der Waals surface area contributed by atoms with Gasteiger partial charge in [0.1, 0.15) is 5.56 Å². The van der Waals surface area contributed by atoms with Gasteiger partial charge in [0.15, 0.2) is 0 Å². The number of nitro benzene ring substituents is 1. The summed E-state index contributed by atoms with van der Waals surface area (Å²) in [5.74, 6) is -0.327. The maximum Gasteiger partial charge on any atom is 0.282 e. The SMILES string of the molecule is CNc1ccc([N+](=O)[O-])c(C(=O)N2CCOCC2)c1. The van der Waals surface area contributed by atoms with Gasteiger partial charge in [0.2, 0.25) is 0 Å². The Kier molecular flexibility index (Phi) is 3.96. The number of nitrogens with one attached hydrogen (secondary N) is 1. The number of hydrogen-bond donors (Lipinski definition) is 1. The first-order valence-corrected chi connectivity index (χ1v) is 5.96. The summed E-state index contributed by atoms with van der Waals surface area (Å²) in [4.78, 5) is 24.4. The molecule has 1 amide bonds. The van der Waals surface area contributed by atoms with Crippen LogP contribution in [0.25, 0.3) is 0 Å². The number of ether oxygens (including phenoxy) is 1. The number of rotatable bonds is 3. The van der Waals surface area contributed by atoms with Gasteiger partial charge in [-0.3, -0.25) is 14.9 Å². The second-order valence-electron chi connectivity index (χ2n) is 4.14. The summed E-state index contributed by atoms with van der Waals surface area (Å²) in [5, 5.41) is 13.9. The van der Waals surface area contributed by atoms with E-state index in [1.165, 1.54) is 12.1 Å². The first-order chi connectivity index (χ1) is 9.13. The minimum atomic E-state index is -0.535. The van der Waals surface area contributed by atoms with Crippen molar-refractivity contribution in [3.63, 3.8) is 0 Å². The molecular formula is C12H15N3O4. The first kappa shape index (κ1) is 13.3. The second-order valence-corrected chi connectivity index (χ2v) is 4.14. The molecule has 0 bridgehead atoms. The molecule has 2 rings (SSSR count). The van der Waals surface area contributed by atoms with Crippen molar-refractivity contribution >= 4 is 17.3 Å². The summed E-state index contributed by atoms with van der Waals surface area (Å²) in [5.41, 5.74) is 0.608. The van der Waals surface area contributed by atoms with Crippen molar-refractivity contribution in [2.24, 2.45) is 0 Å². The van der Waals surface area contributed by atoms with E-state index < -0.39 is 4.92 Å². The molecule has 19 heavy (non-hydrogen) atoms. The predicted molar refractivity (Wildman–Crippen MR) is 69.4 cm³/mol. The zero-order valence-electron chi connectivity index (χ0n) is 10.6. The highest BCUT2D eigenvalue weighted by molar-refractivity contribution is 5.99. The molecule has 0 aromatic heterocycles. The fourth-order valence-corrected chi connectivity index (χ4v) is 1.96. The molecule has 1 aliphatic rings. The van der Waals surface area contributed by atoms with E-state index in [-0.39, 0.29) is 17.2 Å². The zero-order valence-corrected chi connectivity index (χ0v) is 10.6. The summed E-state index contributed by atoms with van der Waals surface area (Å²) in [6, 6.07) is 4.43. The van der Waals surface area contributed by atoms with Crippen LogP contribution in [-0.2, 0) is 4.74 Å². The molecule has 0 saturated carbocycles. The van der Waals surface area contributed by atoms with E-state index in [2.05, 4.69) is 5.32 Å². The molecule has 1 aromatic carbocycles. The van der Waals surface area contributed by atoms with E-state index in [0.717, 1.165) is 0 Å². The lowest BCUT2D eigenvalue weighted by atomic mass is 10.1. The third-order valence-electron chi connectivity index (χ3n) is 3.01. The maximum absolute atomic E-state index is 12.3. The largest absolute Gasteiger partial charge is 0.388 e. The van der Waals surface area contributed by atoms with Crippen LogP contribution in [0.4, 0.5) is 11.4 Å². The molecule has 0 unspecified atom stereocenters. The molecule has 1 fully saturated rings. The lowest BCUT2D eigenvalue weighted by Gasteiger charge is -2.26. The van der Waals surface area contributed by atoms with E-state index in [1.54, 1.807) is 18.0 Å². The number of benzene rings is 1. The number of hydrogen-bond acceptors (Lipinski definition) is 5. The van der Waals surface area contributed by atoms with E-state index in [0.29, 0.717) is 32.0 Å². The van der Waals surface area contributed by atoms with Gasteiger partial charge in [-0.1, -0.05) is 0 Å². The van der Waals surface area contributed by atoms with Crippen molar-refractivity contribution in [2.45, 2.75) is 0 Å². The van der Waals surface area contributed by atoms with Crippen molar-refractivity contribution in [3.8, 4) is 0 Å². The molecule has 1 N–H and O–H groups in total. The average Bonchev–Trinajstić information content (AvgIpc) is 2.46. The number of morpholine rings is 1. The third kappa shape index (κ3) is 2.82. The van der Waals surface area contributed by atoms with Gasteiger partial charge in [-0.25, -0.2) is 0 Å². The quantitative estimate of drug-likeness (QED) is 0.653. The predicted octanol–water partition coefficient (Wildman–Crippen LogP) is 1.11. The van der Waals surface area contributed by atoms with Crippen molar-refractivity contribution in [1.29, 1.82) is 0 Å². The number of nitro groups is 1. The van der Waals surface area contributed by atoms with Gasteiger partial charge in [-0.05, 0) is 12.1 Å². The molecule has 0 atom stereocenters. The molecule has 0 spiro atoms. The lowest BCUT2D eigenvalue weighted by molar-refractivity contribution is -0.385. The van der Waals surface area contributed by atoms with E-state index >= 15 is 0 Å².